The third-order valence-electron chi connectivity index (χ3n) is 8.49. The van der Waals surface area contributed by atoms with Gasteiger partial charge < -0.3 is 20.9 Å². The predicted octanol–water partition coefficient (Wildman–Crippen LogP) is 5.14. The van der Waals surface area contributed by atoms with Gasteiger partial charge in [-0.2, -0.15) is 0 Å². The molecule has 0 aliphatic carbocycles. The highest BCUT2D eigenvalue weighted by molar-refractivity contribution is 6.03. The van der Waals surface area contributed by atoms with Crippen LogP contribution in [-0.2, 0) is 0 Å². The number of primary amides is 1. The molecule has 0 aromatic heterocycles. The minimum absolute atomic E-state index is 0.0547. The number of nitrogens with one attached hydrogen (secondary N) is 1. The third kappa shape index (κ3) is 6.67. The number of para-hydroxylation sites is 1. The molecule has 3 N–H and O–H groups in total. The van der Waals surface area contributed by atoms with Gasteiger partial charge in [0.15, 0.2) is 0 Å². The molecular formula is C35H36F2N6O2. The van der Waals surface area contributed by atoms with Crippen molar-refractivity contribution in [1.82, 2.24) is 15.1 Å². The Morgan fingerprint density at radius 2 is 1.31 bits per heavy atom. The van der Waals surface area contributed by atoms with Gasteiger partial charge >= 0.3 is 6.03 Å². The van der Waals surface area contributed by atoms with E-state index in [0.29, 0.717) is 56.2 Å². The predicted molar refractivity (Wildman–Crippen MR) is 172 cm³/mol. The quantitative estimate of drug-likeness (QED) is 0.303. The van der Waals surface area contributed by atoms with E-state index in [1.54, 1.807) is 36.4 Å². The van der Waals surface area contributed by atoms with E-state index in [1.807, 2.05) is 41.3 Å². The van der Waals surface area contributed by atoms with Crippen molar-refractivity contribution in [3.05, 3.63) is 125 Å². The molecule has 0 atom stereocenters. The van der Waals surface area contributed by atoms with E-state index in [4.69, 9.17) is 5.73 Å². The van der Waals surface area contributed by atoms with E-state index >= 15 is 0 Å². The highest BCUT2D eigenvalue weighted by atomic mass is 19.1. The Balaban J connectivity index is 1.33. The summed E-state index contributed by atoms with van der Waals surface area (Å²) >= 11 is 0. The molecule has 2 aliphatic rings. The molecule has 6 rings (SSSR count). The van der Waals surface area contributed by atoms with Crippen molar-refractivity contribution in [2.24, 2.45) is 5.73 Å². The van der Waals surface area contributed by atoms with Gasteiger partial charge in [-0.15, -0.1) is 0 Å². The van der Waals surface area contributed by atoms with Gasteiger partial charge in [0.05, 0.1) is 23.1 Å². The molecule has 0 bridgehead atoms. The van der Waals surface area contributed by atoms with Crippen LogP contribution in [0.25, 0.3) is 0 Å². The maximum atomic E-state index is 13.8. The molecule has 10 heteroatoms. The Kier molecular flexibility index (Phi) is 9.04. The lowest BCUT2D eigenvalue weighted by atomic mass is 9.96. The largest absolute Gasteiger partial charge is 0.367 e. The van der Waals surface area contributed by atoms with Gasteiger partial charge in [-0.1, -0.05) is 42.5 Å². The van der Waals surface area contributed by atoms with E-state index in [9.17, 15) is 18.4 Å². The molecule has 2 saturated heterocycles. The fourth-order valence-electron chi connectivity index (χ4n) is 6.24. The summed E-state index contributed by atoms with van der Waals surface area (Å²) in [6.45, 7) is 5.14. The second kappa shape index (κ2) is 13.5. The molecule has 0 saturated carbocycles. The Labute approximate surface area is 261 Å². The van der Waals surface area contributed by atoms with Gasteiger partial charge in [-0.25, -0.2) is 13.6 Å². The number of nitrogens with zero attached hydrogens (tertiary/aromatic N) is 4. The van der Waals surface area contributed by atoms with Crippen molar-refractivity contribution in [3.8, 4) is 0 Å². The number of hydrogen-bond acceptors (Lipinski definition) is 5. The lowest BCUT2D eigenvalue weighted by Gasteiger charge is -2.42. The van der Waals surface area contributed by atoms with Gasteiger partial charge in [-0.3, -0.25) is 14.6 Å². The highest BCUT2D eigenvalue weighted by Gasteiger charge is 2.30. The molecular weight excluding hydrogens is 574 g/mol. The molecule has 8 nitrogen and oxygen atoms in total. The van der Waals surface area contributed by atoms with Crippen molar-refractivity contribution < 1.29 is 18.4 Å². The highest BCUT2D eigenvalue weighted by Crippen LogP contribution is 2.38. The number of halogens is 2. The maximum absolute atomic E-state index is 13.8. The Morgan fingerprint density at radius 3 is 1.87 bits per heavy atom. The summed E-state index contributed by atoms with van der Waals surface area (Å²) in [5, 5.41) is 3.28. The molecule has 0 spiro atoms. The number of nitrogens with two attached hydrogens (primary N) is 1. The number of hydrogen-bond donors (Lipinski definition) is 2. The number of amides is 3. The first-order chi connectivity index (χ1) is 21.9. The number of benzene rings is 4. The number of urea groups is 1. The summed E-state index contributed by atoms with van der Waals surface area (Å²) in [6.07, 6.45) is 0. The van der Waals surface area contributed by atoms with Crippen LogP contribution in [0.1, 0.15) is 27.5 Å². The Bertz CT molecular complexity index is 1580. The van der Waals surface area contributed by atoms with Crippen molar-refractivity contribution in [2.75, 3.05) is 62.2 Å². The normalized spacial score (nSPS) is 15.7. The van der Waals surface area contributed by atoms with Crippen LogP contribution in [0, 0.1) is 11.6 Å². The van der Waals surface area contributed by atoms with Crippen LogP contribution in [0.2, 0.25) is 0 Å². The zero-order chi connectivity index (χ0) is 31.3. The van der Waals surface area contributed by atoms with Crippen molar-refractivity contribution in [2.45, 2.75) is 6.04 Å². The number of rotatable bonds is 7. The van der Waals surface area contributed by atoms with E-state index in [2.05, 4.69) is 15.1 Å². The van der Waals surface area contributed by atoms with Crippen LogP contribution in [0.4, 0.5) is 30.6 Å². The van der Waals surface area contributed by atoms with Crippen molar-refractivity contribution in [1.29, 1.82) is 0 Å². The molecule has 0 radical (unpaired) electrons. The standard InChI is InChI=1S/C35H36F2N6O2/c36-28-11-6-25(7-12-28)33(26-8-13-29(37)14-9-26)41-22-20-40(21-23-41)32-24-27(34(44)42-18-16-39-17-19-42)10-15-31(32)43(35(38)45)30-4-2-1-3-5-30/h1-15,24,33,39H,16-23H2,(H2,38,45). The molecule has 2 aliphatic heterocycles. The smallest absolute Gasteiger partial charge is 0.323 e. The lowest BCUT2D eigenvalue weighted by Crippen LogP contribution is -2.48. The second-order valence-electron chi connectivity index (χ2n) is 11.3. The van der Waals surface area contributed by atoms with Gasteiger partial charge in [0.1, 0.15) is 11.6 Å². The summed E-state index contributed by atoms with van der Waals surface area (Å²) in [6, 6.07) is 26.6. The van der Waals surface area contributed by atoms with Crippen LogP contribution in [0.5, 0.6) is 0 Å². The van der Waals surface area contributed by atoms with E-state index in [0.717, 1.165) is 29.9 Å². The molecule has 2 heterocycles. The van der Waals surface area contributed by atoms with Gasteiger partial charge in [0.25, 0.3) is 5.91 Å². The molecule has 0 unspecified atom stereocenters. The molecule has 45 heavy (non-hydrogen) atoms. The first-order valence-electron chi connectivity index (χ1n) is 15.2. The summed E-state index contributed by atoms with van der Waals surface area (Å²) in [4.78, 5) is 34.2. The number of anilines is 3. The second-order valence-corrected chi connectivity index (χ2v) is 11.3. The van der Waals surface area contributed by atoms with Crippen molar-refractivity contribution >= 4 is 29.0 Å². The van der Waals surface area contributed by atoms with Gasteiger partial charge in [0.2, 0.25) is 0 Å². The van der Waals surface area contributed by atoms with Crippen LogP contribution in [0.3, 0.4) is 0 Å². The Morgan fingerprint density at radius 1 is 0.733 bits per heavy atom. The fourth-order valence-corrected chi connectivity index (χ4v) is 6.24. The number of piperazine rings is 2. The average Bonchev–Trinajstić information content (AvgIpc) is 3.07. The van der Waals surface area contributed by atoms with Crippen LogP contribution < -0.4 is 20.9 Å². The summed E-state index contributed by atoms with van der Waals surface area (Å²) < 4.78 is 27.7. The van der Waals surface area contributed by atoms with Gasteiger partial charge in [-0.05, 0) is 65.7 Å². The van der Waals surface area contributed by atoms with E-state index < -0.39 is 6.03 Å². The molecule has 2 fully saturated rings. The lowest BCUT2D eigenvalue weighted by molar-refractivity contribution is 0.0736. The SMILES string of the molecule is NC(=O)N(c1ccccc1)c1ccc(C(=O)N2CCNCC2)cc1N1CCN(C(c2ccc(F)cc2)c2ccc(F)cc2)CC1. The average molecular weight is 611 g/mol. The first kappa shape index (κ1) is 30.2. The monoisotopic (exact) mass is 610 g/mol. The number of carbonyl (C=O) groups is 2. The minimum atomic E-state index is -0.630. The minimum Gasteiger partial charge on any atom is -0.367 e. The molecule has 3 amide bonds. The summed E-state index contributed by atoms with van der Waals surface area (Å²) in [5.74, 6) is -0.691. The maximum Gasteiger partial charge on any atom is 0.323 e. The van der Waals surface area contributed by atoms with E-state index in [-0.39, 0.29) is 23.6 Å². The fraction of sp³-hybridized carbons (Fsp3) is 0.257. The van der Waals surface area contributed by atoms with Crippen molar-refractivity contribution in [3.63, 3.8) is 0 Å². The van der Waals surface area contributed by atoms with E-state index in [1.165, 1.54) is 29.2 Å². The zero-order valence-corrected chi connectivity index (χ0v) is 24.9. The molecule has 232 valence electrons. The van der Waals surface area contributed by atoms with Crippen LogP contribution in [-0.4, -0.2) is 74.1 Å². The van der Waals surface area contributed by atoms with Gasteiger partial charge in [0, 0.05) is 57.9 Å². The van der Waals surface area contributed by atoms with Crippen LogP contribution >= 0.6 is 0 Å². The number of carbonyl (C=O) groups excluding carboxylic acids is 2. The third-order valence-corrected chi connectivity index (χ3v) is 8.49. The Hall–Kier alpha value is -4.80. The summed E-state index contributed by atoms with van der Waals surface area (Å²) in [7, 11) is 0. The van der Waals surface area contributed by atoms with Crippen LogP contribution in [0.15, 0.2) is 97.1 Å². The first-order valence-corrected chi connectivity index (χ1v) is 15.2. The zero-order valence-electron chi connectivity index (χ0n) is 24.9. The summed E-state index contributed by atoms with van der Waals surface area (Å²) in [5.41, 5.74) is 10.3. The molecule has 4 aromatic carbocycles. The molecule has 4 aromatic rings. The topological polar surface area (TPSA) is 85.1 Å².